The summed E-state index contributed by atoms with van der Waals surface area (Å²) >= 11 is 0. The van der Waals surface area contributed by atoms with Crippen LogP contribution >= 0.6 is 0 Å². The van der Waals surface area contributed by atoms with E-state index >= 15 is 0 Å². The van der Waals surface area contributed by atoms with Crippen molar-refractivity contribution in [2.24, 2.45) is 0 Å². The first-order chi connectivity index (χ1) is 8.28. The highest BCUT2D eigenvalue weighted by Crippen LogP contribution is 2.08. The molecular weight excluding hydrogens is 216 g/mol. The quantitative estimate of drug-likeness (QED) is 0.809. The molecule has 0 saturated heterocycles. The largest absolute Gasteiger partial charge is 0.368 e. The summed E-state index contributed by atoms with van der Waals surface area (Å²) in [4.78, 5) is 8.54. The van der Waals surface area contributed by atoms with Crippen LogP contribution in [0.5, 0.6) is 0 Å². The fourth-order valence-corrected chi connectivity index (χ4v) is 1.50. The average Bonchev–Trinajstić information content (AvgIpc) is 2.81. The minimum absolute atomic E-state index is 0.631. The number of nitrogens with one attached hydrogen (secondary N) is 2. The lowest BCUT2D eigenvalue weighted by atomic mass is 10.4. The zero-order valence-corrected chi connectivity index (χ0v) is 10.0. The van der Waals surface area contributed by atoms with Crippen molar-refractivity contribution in [2.45, 2.75) is 13.5 Å². The Morgan fingerprint density at radius 2 is 2.24 bits per heavy atom. The van der Waals surface area contributed by atoms with Gasteiger partial charge in [-0.3, -0.25) is 4.68 Å². The fourth-order valence-electron chi connectivity index (χ4n) is 1.50. The molecule has 0 saturated carbocycles. The molecule has 6 nitrogen and oxygen atoms in total. The topological polar surface area (TPSA) is 67.7 Å². The van der Waals surface area contributed by atoms with Crippen molar-refractivity contribution in [1.82, 2.24) is 19.7 Å². The number of hydrogen-bond acceptors (Lipinski definition) is 5. The summed E-state index contributed by atoms with van der Waals surface area (Å²) in [7, 11) is 1.81. The number of hydrogen-bond donors (Lipinski definition) is 2. The molecule has 0 unspecified atom stereocenters. The van der Waals surface area contributed by atoms with E-state index in [2.05, 4.69) is 25.7 Å². The van der Waals surface area contributed by atoms with Gasteiger partial charge in [0, 0.05) is 37.7 Å². The molecule has 17 heavy (non-hydrogen) atoms. The first-order valence-electron chi connectivity index (χ1n) is 5.52. The lowest BCUT2D eigenvalue weighted by molar-refractivity contribution is 0.637. The molecule has 0 aliphatic rings. The minimum atomic E-state index is 0.631. The van der Waals surface area contributed by atoms with E-state index in [-0.39, 0.29) is 0 Å². The van der Waals surface area contributed by atoms with Gasteiger partial charge >= 0.3 is 0 Å². The highest BCUT2D eigenvalue weighted by Gasteiger charge is 1.99. The van der Waals surface area contributed by atoms with Crippen LogP contribution < -0.4 is 10.6 Å². The van der Waals surface area contributed by atoms with Crippen LogP contribution in [0.1, 0.15) is 5.69 Å². The number of aryl methyl sites for hydroxylation is 1. The van der Waals surface area contributed by atoms with Crippen LogP contribution in [-0.2, 0) is 6.54 Å². The number of nitrogens with zero attached hydrogens (tertiary/aromatic N) is 4. The summed E-state index contributed by atoms with van der Waals surface area (Å²) < 4.78 is 1.88. The van der Waals surface area contributed by atoms with Crippen LogP contribution in [0.4, 0.5) is 11.8 Å². The van der Waals surface area contributed by atoms with Gasteiger partial charge in [-0.2, -0.15) is 10.1 Å². The van der Waals surface area contributed by atoms with Gasteiger partial charge in [0.2, 0.25) is 5.95 Å². The van der Waals surface area contributed by atoms with Crippen molar-refractivity contribution in [1.29, 1.82) is 0 Å². The van der Waals surface area contributed by atoms with Crippen LogP contribution in [0.25, 0.3) is 0 Å². The SMILES string of the molecule is CNc1nc(C)cc(NCCn2cccn2)n1. The van der Waals surface area contributed by atoms with Crippen molar-refractivity contribution in [3.05, 3.63) is 30.2 Å². The van der Waals surface area contributed by atoms with Gasteiger partial charge in [-0.1, -0.05) is 0 Å². The average molecular weight is 232 g/mol. The Morgan fingerprint density at radius 3 is 2.94 bits per heavy atom. The van der Waals surface area contributed by atoms with E-state index < -0.39 is 0 Å². The zero-order chi connectivity index (χ0) is 12.1. The molecule has 2 aromatic rings. The minimum Gasteiger partial charge on any atom is -0.368 e. The highest BCUT2D eigenvalue weighted by molar-refractivity contribution is 5.41. The Bertz CT molecular complexity index is 465. The molecule has 0 aliphatic heterocycles. The van der Waals surface area contributed by atoms with Crippen LogP contribution in [0.3, 0.4) is 0 Å². The van der Waals surface area contributed by atoms with Gasteiger partial charge in [0.05, 0.1) is 6.54 Å². The third-order valence-corrected chi connectivity index (χ3v) is 2.28. The molecule has 0 fully saturated rings. The second kappa shape index (κ2) is 5.29. The van der Waals surface area contributed by atoms with Gasteiger partial charge in [-0.15, -0.1) is 0 Å². The number of aromatic nitrogens is 4. The molecule has 0 bridgehead atoms. The number of rotatable bonds is 5. The van der Waals surface area contributed by atoms with E-state index in [9.17, 15) is 0 Å². The van der Waals surface area contributed by atoms with Crippen LogP contribution in [0.2, 0.25) is 0 Å². The Hall–Kier alpha value is -2.11. The summed E-state index contributed by atoms with van der Waals surface area (Å²) in [6, 6.07) is 3.83. The van der Waals surface area contributed by atoms with Crippen molar-refractivity contribution in [3.63, 3.8) is 0 Å². The maximum atomic E-state index is 4.31. The standard InChI is InChI=1S/C11H16N6/c1-9-8-10(16-11(12-2)15-9)13-5-7-17-6-3-4-14-17/h3-4,6,8H,5,7H2,1-2H3,(H2,12,13,15,16). The lowest BCUT2D eigenvalue weighted by Gasteiger charge is -2.08. The van der Waals surface area contributed by atoms with Crippen molar-refractivity contribution in [2.75, 3.05) is 24.2 Å². The molecular formula is C11H16N6. The maximum Gasteiger partial charge on any atom is 0.224 e. The van der Waals surface area contributed by atoms with Gasteiger partial charge in [-0.05, 0) is 13.0 Å². The second-order valence-electron chi connectivity index (χ2n) is 3.66. The molecule has 0 radical (unpaired) electrons. The van der Waals surface area contributed by atoms with Crippen molar-refractivity contribution >= 4 is 11.8 Å². The van der Waals surface area contributed by atoms with E-state index in [1.165, 1.54) is 0 Å². The Kier molecular flexibility index (Phi) is 3.54. The molecule has 90 valence electrons. The Balaban J connectivity index is 1.92. The van der Waals surface area contributed by atoms with Gasteiger partial charge in [0.15, 0.2) is 0 Å². The molecule has 0 spiro atoms. The predicted molar refractivity (Wildman–Crippen MR) is 67.0 cm³/mol. The molecule has 6 heteroatoms. The summed E-state index contributed by atoms with van der Waals surface area (Å²) in [6.07, 6.45) is 3.71. The van der Waals surface area contributed by atoms with E-state index in [1.807, 2.05) is 37.0 Å². The zero-order valence-electron chi connectivity index (χ0n) is 10.0. The Morgan fingerprint density at radius 1 is 1.35 bits per heavy atom. The van der Waals surface area contributed by atoms with Crippen molar-refractivity contribution in [3.8, 4) is 0 Å². The molecule has 2 N–H and O–H groups in total. The van der Waals surface area contributed by atoms with Gasteiger partial charge in [-0.25, -0.2) is 4.98 Å². The van der Waals surface area contributed by atoms with Gasteiger partial charge in [0.1, 0.15) is 5.82 Å². The number of anilines is 2. The molecule has 2 heterocycles. The monoisotopic (exact) mass is 232 g/mol. The first kappa shape index (κ1) is 11.4. The van der Waals surface area contributed by atoms with Crippen LogP contribution in [0.15, 0.2) is 24.5 Å². The second-order valence-corrected chi connectivity index (χ2v) is 3.66. The van der Waals surface area contributed by atoms with Crippen molar-refractivity contribution < 1.29 is 0 Å². The van der Waals surface area contributed by atoms with E-state index in [1.54, 1.807) is 6.20 Å². The highest BCUT2D eigenvalue weighted by atomic mass is 15.3. The third-order valence-electron chi connectivity index (χ3n) is 2.28. The summed E-state index contributed by atoms with van der Waals surface area (Å²) in [5.74, 6) is 1.46. The summed E-state index contributed by atoms with van der Waals surface area (Å²) in [6.45, 7) is 3.54. The maximum absolute atomic E-state index is 4.31. The molecule has 2 rings (SSSR count). The molecule has 0 aromatic carbocycles. The van der Waals surface area contributed by atoms with Gasteiger partial charge in [0.25, 0.3) is 0 Å². The molecule has 0 aliphatic carbocycles. The fraction of sp³-hybridized carbons (Fsp3) is 0.364. The van der Waals surface area contributed by atoms with E-state index in [0.717, 1.165) is 24.6 Å². The third kappa shape index (κ3) is 3.17. The Labute approximate surface area is 100 Å². The summed E-state index contributed by atoms with van der Waals surface area (Å²) in [5, 5.41) is 10.3. The molecule has 0 atom stereocenters. The van der Waals surface area contributed by atoms with Crippen LogP contribution in [-0.4, -0.2) is 33.3 Å². The molecule has 2 aromatic heterocycles. The van der Waals surface area contributed by atoms with Gasteiger partial charge < -0.3 is 10.6 Å². The first-order valence-corrected chi connectivity index (χ1v) is 5.52. The molecule has 0 amide bonds. The lowest BCUT2D eigenvalue weighted by Crippen LogP contribution is -2.12. The van der Waals surface area contributed by atoms with Crippen LogP contribution in [0, 0.1) is 6.92 Å². The van der Waals surface area contributed by atoms with E-state index in [0.29, 0.717) is 5.95 Å². The summed E-state index contributed by atoms with van der Waals surface area (Å²) in [5.41, 5.74) is 0.936. The smallest absolute Gasteiger partial charge is 0.224 e. The van der Waals surface area contributed by atoms with E-state index in [4.69, 9.17) is 0 Å². The normalized spacial score (nSPS) is 10.2. The predicted octanol–water partition coefficient (Wildman–Crippen LogP) is 1.14.